The quantitative estimate of drug-likeness (QED) is 0.814. The van der Waals surface area contributed by atoms with Crippen LogP contribution in [-0.2, 0) is 0 Å². The first-order valence-corrected chi connectivity index (χ1v) is 6.85. The van der Waals surface area contributed by atoms with Crippen LogP contribution in [0.3, 0.4) is 0 Å². The van der Waals surface area contributed by atoms with Crippen molar-refractivity contribution in [1.29, 1.82) is 0 Å². The highest BCUT2D eigenvalue weighted by molar-refractivity contribution is 5.28. The lowest BCUT2D eigenvalue weighted by atomic mass is 10.1. The number of benzene rings is 1. The third-order valence-corrected chi connectivity index (χ3v) is 3.71. The van der Waals surface area contributed by atoms with Crippen molar-refractivity contribution in [2.75, 3.05) is 13.7 Å². The van der Waals surface area contributed by atoms with Gasteiger partial charge in [-0.05, 0) is 43.5 Å². The van der Waals surface area contributed by atoms with E-state index in [4.69, 9.17) is 4.74 Å². The van der Waals surface area contributed by atoms with Crippen molar-refractivity contribution in [3.8, 4) is 5.75 Å². The molecule has 3 heteroatoms. The first-order chi connectivity index (χ1) is 8.79. The van der Waals surface area contributed by atoms with Crippen LogP contribution < -0.4 is 10.1 Å². The number of hydrogen-bond acceptors (Lipinski definition) is 3. The summed E-state index contributed by atoms with van der Waals surface area (Å²) >= 11 is 0. The average Bonchev–Trinajstić information content (AvgIpc) is 2.92. The Morgan fingerprint density at radius 3 is 2.56 bits per heavy atom. The second-order valence-electron chi connectivity index (χ2n) is 5.01. The summed E-state index contributed by atoms with van der Waals surface area (Å²) in [5.41, 5.74) is 0.962. The molecule has 1 unspecified atom stereocenters. The van der Waals surface area contributed by atoms with Crippen LogP contribution in [0.2, 0.25) is 0 Å². The predicted octanol–water partition coefficient (Wildman–Crippen LogP) is 2.65. The van der Waals surface area contributed by atoms with Gasteiger partial charge in [0, 0.05) is 6.04 Å². The van der Waals surface area contributed by atoms with E-state index in [0.29, 0.717) is 6.04 Å². The van der Waals surface area contributed by atoms with Crippen molar-refractivity contribution in [3.63, 3.8) is 0 Å². The van der Waals surface area contributed by atoms with E-state index in [1.54, 1.807) is 7.11 Å². The molecular weight excluding hydrogens is 226 g/mol. The molecule has 1 fully saturated rings. The second kappa shape index (κ2) is 6.76. The molecule has 1 saturated carbocycles. The summed E-state index contributed by atoms with van der Waals surface area (Å²) in [5, 5.41) is 13.6. The molecule has 0 amide bonds. The van der Waals surface area contributed by atoms with E-state index in [9.17, 15) is 5.11 Å². The van der Waals surface area contributed by atoms with Crippen LogP contribution in [0, 0.1) is 0 Å². The molecule has 2 N–H and O–H groups in total. The zero-order chi connectivity index (χ0) is 12.8. The van der Waals surface area contributed by atoms with Gasteiger partial charge in [-0.15, -0.1) is 0 Å². The molecule has 3 nitrogen and oxygen atoms in total. The van der Waals surface area contributed by atoms with Gasteiger partial charge in [0.15, 0.2) is 0 Å². The van der Waals surface area contributed by atoms with E-state index in [1.807, 2.05) is 24.3 Å². The number of methoxy groups -OCH3 is 1. The van der Waals surface area contributed by atoms with Crippen molar-refractivity contribution in [2.45, 2.75) is 44.2 Å². The average molecular weight is 249 g/mol. The van der Waals surface area contributed by atoms with Crippen LogP contribution >= 0.6 is 0 Å². The van der Waals surface area contributed by atoms with Gasteiger partial charge in [-0.1, -0.05) is 25.0 Å². The molecule has 0 saturated heterocycles. The molecule has 0 spiro atoms. The van der Waals surface area contributed by atoms with Crippen molar-refractivity contribution >= 4 is 0 Å². The van der Waals surface area contributed by atoms with Gasteiger partial charge in [-0.25, -0.2) is 0 Å². The van der Waals surface area contributed by atoms with E-state index in [1.165, 1.54) is 25.7 Å². The maximum atomic E-state index is 10.1. The van der Waals surface area contributed by atoms with Crippen LogP contribution in [0.15, 0.2) is 24.3 Å². The van der Waals surface area contributed by atoms with Gasteiger partial charge in [0.05, 0.1) is 13.2 Å². The molecule has 0 bridgehead atoms. The third-order valence-electron chi connectivity index (χ3n) is 3.71. The molecule has 0 aliphatic heterocycles. The highest BCUT2D eigenvalue weighted by atomic mass is 16.5. The summed E-state index contributed by atoms with van der Waals surface area (Å²) < 4.78 is 5.10. The molecule has 2 rings (SSSR count). The summed E-state index contributed by atoms with van der Waals surface area (Å²) in [6.45, 7) is 0.887. The minimum absolute atomic E-state index is 0.384. The molecule has 1 aliphatic rings. The maximum absolute atomic E-state index is 10.1. The summed E-state index contributed by atoms with van der Waals surface area (Å²) in [4.78, 5) is 0. The van der Waals surface area contributed by atoms with Gasteiger partial charge in [-0.2, -0.15) is 0 Å². The summed E-state index contributed by atoms with van der Waals surface area (Å²) in [6, 6.07) is 8.32. The molecule has 0 radical (unpaired) electrons. The molecule has 0 aromatic heterocycles. The summed E-state index contributed by atoms with van der Waals surface area (Å²) in [7, 11) is 1.65. The van der Waals surface area contributed by atoms with Gasteiger partial charge < -0.3 is 15.2 Å². The fourth-order valence-electron chi connectivity index (χ4n) is 2.55. The molecule has 1 aliphatic carbocycles. The number of aliphatic hydroxyl groups is 1. The largest absolute Gasteiger partial charge is 0.497 e. The van der Waals surface area contributed by atoms with Gasteiger partial charge in [-0.3, -0.25) is 0 Å². The zero-order valence-electron chi connectivity index (χ0n) is 11.1. The number of hydrogen-bond donors (Lipinski definition) is 2. The van der Waals surface area contributed by atoms with Crippen LogP contribution in [0.1, 0.15) is 43.8 Å². The minimum atomic E-state index is -0.384. The lowest BCUT2D eigenvalue weighted by Gasteiger charge is -2.15. The molecular formula is C15H23NO2. The highest BCUT2D eigenvalue weighted by Crippen LogP contribution is 2.21. The monoisotopic (exact) mass is 249 g/mol. The number of aliphatic hydroxyl groups excluding tert-OH is 1. The topological polar surface area (TPSA) is 41.5 Å². The SMILES string of the molecule is COc1ccc(C(O)CCNC2CCCC2)cc1. The number of rotatable bonds is 6. The van der Waals surface area contributed by atoms with Crippen LogP contribution in [-0.4, -0.2) is 24.8 Å². The summed E-state index contributed by atoms with van der Waals surface area (Å²) in [6.07, 6.45) is 5.65. The first-order valence-electron chi connectivity index (χ1n) is 6.85. The van der Waals surface area contributed by atoms with E-state index in [0.717, 1.165) is 24.3 Å². The zero-order valence-corrected chi connectivity index (χ0v) is 11.1. The van der Waals surface area contributed by atoms with Gasteiger partial charge >= 0.3 is 0 Å². The van der Waals surface area contributed by atoms with Crippen molar-refractivity contribution < 1.29 is 9.84 Å². The molecule has 0 heterocycles. The lowest BCUT2D eigenvalue weighted by molar-refractivity contribution is 0.165. The van der Waals surface area contributed by atoms with E-state index in [-0.39, 0.29) is 6.10 Å². The van der Waals surface area contributed by atoms with Crippen LogP contribution in [0.5, 0.6) is 5.75 Å². The van der Waals surface area contributed by atoms with Gasteiger partial charge in [0.1, 0.15) is 5.75 Å². The molecule has 1 aromatic carbocycles. The van der Waals surface area contributed by atoms with E-state index >= 15 is 0 Å². The van der Waals surface area contributed by atoms with E-state index in [2.05, 4.69) is 5.32 Å². The second-order valence-corrected chi connectivity index (χ2v) is 5.01. The fourth-order valence-corrected chi connectivity index (χ4v) is 2.55. The Hall–Kier alpha value is -1.06. The smallest absolute Gasteiger partial charge is 0.118 e. The Morgan fingerprint density at radius 1 is 1.28 bits per heavy atom. The molecule has 1 aromatic rings. The van der Waals surface area contributed by atoms with Crippen molar-refractivity contribution in [1.82, 2.24) is 5.32 Å². The standard InChI is InChI=1S/C15H23NO2/c1-18-14-8-6-12(7-9-14)15(17)10-11-16-13-4-2-3-5-13/h6-9,13,15-17H,2-5,10-11H2,1H3. The Bertz CT molecular complexity index is 344. The Kier molecular flexibility index (Phi) is 5.02. The minimum Gasteiger partial charge on any atom is -0.497 e. The third kappa shape index (κ3) is 3.72. The first kappa shape index (κ1) is 13.4. The Morgan fingerprint density at radius 2 is 1.94 bits per heavy atom. The van der Waals surface area contributed by atoms with E-state index < -0.39 is 0 Å². The lowest BCUT2D eigenvalue weighted by Crippen LogP contribution is -2.27. The number of nitrogens with one attached hydrogen (secondary N) is 1. The predicted molar refractivity (Wildman–Crippen MR) is 72.8 cm³/mol. The van der Waals surface area contributed by atoms with Crippen LogP contribution in [0.4, 0.5) is 0 Å². The fraction of sp³-hybridized carbons (Fsp3) is 0.600. The van der Waals surface area contributed by atoms with Crippen molar-refractivity contribution in [2.24, 2.45) is 0 Å². The normalized spacial score (nSPS) is 17.9. The van der Waals surface area contributed by atoms with Gasteiger partial charge in [0.25, 0.3) is 0 Å². The maximum Gasteiger partial charge on any atom is 0.118 e. The molecule has 100 valence electrons. The molecule has 1 atom stereocenters. The highest BCUT2D eigenvalue weighted by Gasteiger charge is 2.14. The number of ether oxygens (including phenoxy) is 1. The summed E-state index contributed by atoms with van der Waals surface area (Å²) in [5.74, 6) is 0.829. The van der Waals surface area contributed by atoms with Crippen LogP contribution in [0.25, 0.3) is 0 Å². The Labute approximate surface area is 109 Å². The van der Waals surface area contributed by atoms with Crippen molar-refractivity contribution in [3.05, 3.63) is 29.8 Å². The van der Waals surface area contributed by atoms with Gasteiger partial charge in [0.2, 0.25) is 0 Å². The Balaban J connectivity index is 1.74. The molecule has 18 heavy (non-hydrogen) atoms.